The second-order valence-corrected chi connectivity index (χ2v) is 4.38. The van der Waals surface area contributed by atoms with Crippen molar-refractivity contribution in [2.75, 3.05) is 6.61 Å². The Labute approximate surface area is 111 Å². The lowest BCUT2D eigenvalue weighted by Gasteiger charge is -2.17. The summed E-state index contributed by atoms with van der Waals surface area (Å²) in [5.41, 5.74) is 11.0. The monoisotopic (exact) mass is 270 g/mol. The molecule has 0 radical (unpaired) electrons. The molecule has 2 atom stereocenters. The van der Waals surface area contributed by atoms with Gasteiger partial charge in [-0.15, -0.1) is 0 Å². The van der Waals surface area contributed by atoms with Crippen LogP contribution in [0, 0.1) is 5.82 Å². The lowest BCUT2D eigenvalue weighted by molar-refractivity contribution is 0.114. The summed E-state index contributed by atoms with van der Waals surface area (Å²) in [6.45, 7) is 3.87. The number of nitrogens with two attached hydrogens (primary N) is 2. The summed E-state index contributed by atoms with van der Waals surface area (Å²) in [4.78, 5) is 10.7. The Kier molecular flexibility index (Phi) is 5.57. The molecule has 1 amide bonds. The maximum absolute atomic E-state index is 13.2. The Bertz CT molecular complexity index is 438. The number of benzene rings is 1. The highest BCUT2D eigenvalue weighted by atomic mass is 19.1. The third-order valence-corrected chi connectivity index (χ3v) is 2.53. The molecule has 1 aromatic carbocycles. The normalized spacial score (nSPS) is 13.7. The zero-order valence-corrected chi connectivity index (χ0v) is 11.1. The van der Waals surface area contributed by atoms with E-state index in [4.69, 9.17) is 20.9 Å². The van der Waals surface area contributed by atoms with Gasteiger partial charge < -0.3 is 20.9 Å². The van der Waals surface area contributed by atoms with Gasteiger partial charge in [-0.25, -0.2) is 9.18 Å². The third-order valence-electron chi connectivity index (χ3n) is 2.53. The number of ether oxygens (including phenoxy) is 2. The van der Waals surface area contributed by atoms with E-state index in [1.165, 1.54) is 18.2 Å². The summed E-state index contributed by atoms with van der Waals surface area (Å²) < 4.78 is 23.6. The molecule has 106 valence electrons. The van der Waals surface area contributed by atoms with E-state index in [0.717, 1.165) is 0 Å². The van der Waals surface area contributed by atoms with Gasteiger partial charge in [0.15, 0.2) is 0 Å². The first kappa shape index (κ1) is 15.2. The molecule has 1 rings (SSSR count). The molecular formula is C13H19FN2O3. The van der Waals surface area contributed by atoms with Crippen LogP contribution in [0.25, 0.3) is 0 Å². The predicted octanol–water partition coefficient (Wildman–Crippen LogP) is 2.10. The van der Waals surface area contributed by atoms with Crippen molar-refractivity contribution >= 4 is 6.09 Å². The van der Waals surface area contributed by atoms with Gasteiger partial charge in [-0.1, -0.05) is 0 Å². The van der Waals surface area contributed by atoms with Crippen molar-refractivity contribution in [3.05, 3.63) is 29.6 Å². The number of rotatable bonds is 6. The van der Waals surface area contributed by atoms with E-state index in [9.17, 15) is 9.18 Å². The minimum atomic E-state index is -0.918. The molecule has 5 nitrogen and oxygen atoms in total. The average molecular weight is 270 g/mol. The molecule has 0 bridgehead atoms. The standard InChI is InChI=1S/C13H19FN2O3/c1-8(15)5-6-18-12-4-3-10(14)7-11(12)9(2)19-13(16)17/h3-4,7-9H,5-6,15H2,1-2H3,(H2,16,17). The fraction of sp³-hybridized carbons (Fsp3) is 0.462. The summed E-state index contributed by atoms with van der Waals surface area (Å²) in [5, 5.41) is 0. The number of hydrogen-bond acceptors (Lipinski definition) is 4. The van der Waals surface area contributed by atoms with Gasteiger partial charge in [0.1, 0.15) is 17.7 Å². The van der Waals surface area contributed by atoms with Gasteiger partial charge in [-0.05, 0) is 38.5 Å². The zero-order valence-electron chi connectivity index (χ0n) is 11.1. The molecule has 4 N–H and O–H groups in total. The molecule has 0 saturated carbocycles. The van der Waals surface area contributed by atoms with Crippen molar-refractivity contribution in [2.45, 2.75) is 32.4 Å². The number of hydrogen-bond donors (Lipinski definition) is 2. The first-order chi connectivity index (χ1) is 8.90. The highest BCUT2D eigenvalue weighted by Gasteiger charge is 2.16. The highest BCUT2D eigenvalue weighted by molar-refractivity contribution is 5.65. The van der Waals surface area contributed by atoms with E-state index >= 15 is 0 Å². The Morgan fingerprint density at radius 1 is 1.42 bits per heavy atom. The summed E-state index contributed by atoms with van der Waals surface area (Å²) in [7, 11) is 0. The van der Waals surface area contributed by atoms with Crippen LogP contribution in [-0.4, -0.2) is 18.7 Å². The van der Waals surface area contributed by atoms with Gasteiger partial charge in [-0.2, -0.15) is 0 Å². The third kappa shape index (κ3) is 5.13. The van der Waals surface area contributed by atoms with Crippen LogP contribution in [0.15, 0.2) is 18.2 Å². The zero-order chi connectivity index (χ0) is 14.4. The summed E-state index contributed by atoms with van der Waals surface area (Å²) in [5.74, 6) is 0.0188. The van der Waals surface area contributed by atoms with Crippen LogP contribution in [0.2, 0.25) is 0 Å². The van der Waals surface area contributed by atoms with Crippen LogP contribution in [0.5, 0.6) is 5.75 Å². The fourth-order valence-corrected chi connectivity index (χ4v) is 1.56. The van der Waals surface area contributed by atoms with E-state index in [0.29, 0.717) is 24.3 Å². The van der Waals surface area contributed by atoms with Crippen molar-refractivity contribution in [3.8, 4) is 5.75 Å². The number of primary amides is 1. The number of amides is 1. The van der Waals surface area contributed by atoms with Gasteiger partial charge in [-0.3, -0.25) is 0 Å². The molecule has 1 aromatic rings. The molecule has 0 aliphatic rings. The van der Waals surface area contributed by atoms with Crippen molar-refractivity contribution < 1.29 is 18.7 Å². The van der Waals surface area contributed by atoms with Crippen LogP contribution >= 0.6 is 0 Å². The molecule has 0 aliphatic carbocycles. The SMILES string of the molecule is CC(N)CCOc1ccc(F)cc1C(C)OC(N)=O. The maximum atomic E-state index is 13.2. The maximum Gasteiger partial charge on any atom is 0.405 e. The van der Waals surface area contributed by atoms with Gasteiger partial charge in [0.2, 0.25) is 0 Å². The van der Waals surface area contributed by atoms with Crippen LogP contribution in [0.3, 0.4) is 0 Å². The molecule has 0 aromatic heterocycles. The topological polar surface area (TPSA) is 87.6 Å². The second-order valence-electron chi connectivity index (χ2n) is 4.38. The molecule has 2 unspecified atom stereocenters. The molecule has 0 heterocycles. The van der Waals surface area contributed by atoms with Crippen LogP contribution in [0.4, 0.5) is 9.18 Å². The van der Waals surface area contributed by atoms with Gasteiger partial charge >= 0.3 is 6.09 Å². The number of halogens is 1. The molecule has 19 heavy (non-hydrogen) atoms. The molecule has 6 heteroatoms. The van der Waals surface area contributed by atoms with E-state index in [1.807, 2.05) is 6.92 Å². The molecule has 0 saturated heterocycles. The summed E-state index contributed by atoms with van der Waals surface area (Å²) >= 11 is 0. The van der Waals surface area contributed by atoms with E-state index in [-0.39, 0.29) is 6.04 Å². The van der Waals surface area contributed by atoms with Gasteiger partial charge in [0, 0.05) is 11.6 Å². The number of carbonyl (C=O) groups excluding carboxylic acids is 1. The predicted molar refractivity (Wildman–Crippen MR) is 69.2 cm³/mol. The smallest absolute Gasteiger partial charge is 0.405 e. The highest BCUT2D eigenvalue weighted by Crippen LogP contribution is 2.28. The van der Waals surface area contributed by atoms with Gasteiger partial charge in [0.25, 0.3) is 0 Å². The molecular weight excluding hydrogens is 251 g/mol. The second kappa shape index (κ2) is 6.94. The Morgan fingerprint density at radius 3 is 2.68 bits per heavy atom. The number of carbonyl (C=O) groups is 1. The van der Waals surface area contributed by atoms with Crippen molar-refractivity contribution in [1.29, 1.82) is 0 Å². The van der Waals surface area contributed by atoms with Crippen LogP contribution < -0.4 is 16.2 Å². The summed E-state index contributed by atoms with van der Waals surface area (Å²) in [6, 6.07) is 4.05. The molecule has 0 aliphatic heterocycles. The lowest BCUT2D eigenvalue weighted by atomic mass is 10.1. The average Bonchev–Trinajstić information content (AvgIpc) is 2.29. The van der Waals surface area contributed by atoms with E-state index in [1.54, 1.807) is 6.92 Å². The van der Waals surface area contributed by atoms with E-state index < -0.39 is 18.0 Å². The lowest BCUT2D eigenvalue weighted by Crippen LogP contribution is -2.19. The first-order valence-electron chi connectivity index (χ1n) is 6.04. The Balaban J connectivity index is 2.81. The largest absolute Gasteiger partial charge is 0.493 e. The van der Waals surface area contributed by atoms with E-state index in [2.05, 4.69) is 0 Å². The van der Waals surface area contributed by atoms with Crippen molar-refractivity contribution in [2.24, 2.45) is 11.5 Å². The quantitative estimate of drug-likeness (QED) is 0.828. The Hall–Kier alpha value is -1.82. The minimum absolute atomic E-state index is 0.0168. The fourth-order valence-electron chi connectivity index (χ4n) is 1.56. The van der Waals surface area contributed by atoms with Crippen LogP contribution in [-0.2, 0) is 4.74 Å². The van der Waals surface area contributed by atoms with Crippen molar-refractivity contribution in [3.63, 3.8) is 0 Å². The van der Waals surface area contributed by atoms with Crippen LogP contribution in [0.1, 0.15) is 31.9 Å². The molecule has 0 spiro atoms. The van der Waals surface area contributed by atoms with Crippen molar-refractivity contribution in [1.82, 2.24) is 0 Å². The first-order valence-corrected chi connectivity index (χ1v) is 6.04. The summed E-state index contributed by atoms with van der Waals surface area (Å²) in [6.07, 6.45) is -0.932. The van der Waals surface area contributed by atoms with Gasteiger partial charge in [0.05, 0.1) is 6.61 Å². The molecule has 0 fully saturated rings. The minimum Gasteiger partial charge on any atom is -0.493 e. The Morgan fingerprint density at radius 2 is 2.11 bits per heavy atom.